The number of ether oxygens (including phenoxy) is 2. The van der Waals surface area contributed by atoms with E-state index in [9.17, 15) is 0 Å². The Morgan fingerprint density at radius 1 is 0.684 bits per heavy atom. The van der Waals surface area contributed by atoms with E-state index in [0.717, 1.165) is 17.9 Å². The van der Waals surface area contributed by atoms with Crippen LogP contribution >= 0.6 is 0 Å². The topological polar surface area (TPSA) is 18.5 Å². The molecule has 198 valence electrons. The number of hydrogen-bond acceptors (Lipinski definition) is 2. The molecule has 0 unspecified atom stereocenters. The number of fused-ring (bicyclic) bond motifs is 3. The summed E-state index contributed by atoms with van der Waals surface area (Å²) >= 11 is 0. The predicted octanol–water partition coefficient (Wildman–Crippen LogP) is 2.65. The smallest absolute Gasteiger partial charge is 1.00 e. The van der Waals surface area contributed by atoms with Crippen LogP contribution in [0.2, 0.25) is 0 Å². The molecular weight excluding hydrogens is 590 g/mol. The van der Waals surface area contributed by atoms with Gasteiger partial charge in [-0.25, -0.2) is 12.2 Å². The molecule has 0 spiro atoms. The molecule has 0 aromatic heterocycles. The Balaban J connectivity index is 0. The molecule has 0 saturated heterocycles. The van der Waals surface area contributed by atoms with Crippen LogP contribution in [0.25, 0.3) is 21.5 Å². The molecular formula is C33H32Cl2O2Zr-4. The Labute approximate surface area is 259 Å². The summed E-state index contributed by atoms with van der Waals surface area (Å²) in [5.74, 6) is 1.78. The van der Waals surface area contributed by atoms with E-state index in [-0.39, 0.29) is 58.4 Å². The number of halogens is 2. The van der Waals surface area contributed by atoms with Gasteiger partial charge in [-0.3, -0.25) is 6.08 Å². The number of hydrogen-bond donors (Lipinski definition) is 0. The second kappa shape index (κ2) is 22.3. The van der Waals surface area contributed by atoms with Crippen molar-refractivity contribution in [2.24, 2.45) is 0 Å². The minimum absolute atomic E-state index is 0. The van der Waals surface area contributed by atoms with Gasteiger partial charge >= 0.3 is 26.2 Å². The Bertz CT molecular complexity index is 1150. The van der Waals surface area contributed by atoms with E-state index in [1.54, 1.807) is 14.2 Å². The third kappa shape index (κ3) is 12.7. The fraction of sp³-hybridized carbons (Fsp3) is 0.121. The van der Waals surface area contributed by atoms with Gasteiger partial charge in [0.1, 0.15) is 0 Å². The van der Waals surface area contributed by atoms with Gasteiger partial charge in [0.2, 0.25) is 0 Å². The maximum atomic E-state index is 5.24. The first-order valence-electron chi connectivity index (χ1n) is 11.1. The number of allylic oxidation sites excluding steroid dienone is 4. The van der Waals surface area contributed by atoms with E-state index in [1.807, 2.05) is 84.9 Å². The van der Waals surface area contributed by atoms with Gasteiger partial charge in [0.25, 0.3) is 0 Å². The van der Waals surface area contributed by atoms with Gasteiger partial charge in [-0.15, -0.1) is 34.0 Å². The van der Waals surface area contributed by atoms with Crippen molar-refractivity contribution in [1.82, 2.24) is 0 Å². The van der Waals surface area contributed by atoms with Crippen LogP contribution in [0.15, 0.2) is 121 Å². The quantitative estimate of drug-likeness (QED) is 0.282. The third-order valence-electron chi connectivity index (χ3n) is 4.92. The van der Waals surface area contributed by atoms with E-state index < -0.39 is 0 Å². The van der Waals surface area contributed by atoms with Crippen LogP contribution in [0.1, 0.15) is 13.8 Å². The van der Waals surface area contributed by atoms with Crippen molar-refractivity contribution < 1.29 is 60.5 Å². The molecule has 0 N–H and O–H groups in total. The first kappa shape index (κ1) is 37.4. The molecule has 6 rings (SSSR count). The summed E-state index contributed by atoms with van der Waals surface area (Å²) < 4.78 is 10.5. The molecule has 38 heavy (non-hydrogen) atoms. The molecule has 0 bridgehead atoms. The van der Waals surface area contributed by atoms with Crippen LogP contribution in [0, 0.1) is 18.2 Å². The molecule has 0 radical (unpaired) electrons. The summed E-state index contributed by atoms with van der Waals surface area (Å²) in [6.07, 6.45) is 10.0. The number of benzene rings is 4. The molecule has 1 aliphatic rings. The average Bonchev–Trinajstić information content (AvgIpc) is 3.62. The molecule has 0 heterocycles. The molecule has 0 amide bonds. The van der Waals surface area contributed by atoms with E-state index in [2.05, 4.69) is 54.6 Å². The van der Waals surface area contributed by atoms with E-state index in [4.69, 9.17) is 9.47 Å². The maximum Gasteiger partial charge on any atom is 2.00 e. The Kier molecular flexibility index (Phi) is 22.0. The standard InChI is InChI=1S/C15H13O2.2C6H5.C5H5.CH4.2ClH.Zr/c1-16-12-3-5-14-10(8-12)7-11-9-13(17-2)4-6-15(11)14;2*1-2-4-6-5-3-1;1-2-4-5-3-1;;;;/h3-9H,1-2H3;2*1-5H;1-3H,4H2;1H4;2*1H;/q4*-1;;;;+2/p-2. The van der Waals surface area contributed by atoms with E-state index in [0.29, 0.717) is 0 Å². The van der Waals surface area contributed by atoms with Crippen molar-refractivity contribution in [3.8, 4) is 11.5 Å². The first-order chi connectivity index (χ1) is 16.8. The van der Waals surface area contributed by atoms with Gasteiger partial charge in [0.15, 0.2) is 0 Å². The molecule has 5 aromatic rings. The largest absolute Gasteiger partial charge is 2.00 e. The Morgan fingerprint density at radius 3 is 1.37 bits per heavy atom. The summed E-state index contributed by atoms with van der Waals surface area (Å²) in [4.78, 5) is 0. The molecule has 0 atom stereocenters. The van der Waals surface area contributed by atoms with Crippen molar-refractivity contribution in [3.05, 3.63) is 140 Å². The Hall–Kier alpha value is -2.71. The van der Waals surface area contributed by atoms with Crippen LogP contribution in [0.4, 0.5) is 0 Å². The second-order valence-corrected chi connectivity index (χ2v) is 7.21. The van der Waals surface area contributed by atoms with Crippen molar-refractivity contribution in [1.29, 1.82) is 0 Å². The van der Waals surface area contributed by atoms with E-state index >= 15 is 0 Å². The van der Waals surface area contributed by atoms with Crippen molar-refractivity contribution in [2.75, 3.05) is 14.2 Å². The van der Waals surface area contributed by atoms with Crippen LogP contribution in [0.3, 0.4) is 0 Å². The fourth-order valence-electron chi connectivity index (χ4n) is 3.26. The van der Waals surface area contributed by atoms with Crippen LogP contribution in [0.5, 0.6) is 11.5 Å². The molecule has 0 saturated carbocycles. The molecule has 2 nitrogen and oxygen atoms in total. The third-order valence-corrected chi connectivity index (χ3v) is 4.92. The SMILES string of the molecule is C.COc1ccc2c(c1)[cH-]c1cc(OC)ccc12.[C-]1=CC=CC1.[Cl-].[Cl-].[Zr+2].[c-]1ccccc1.[c-]1ccccc1. The Morgan fingerprint density at radius 2 is 1.13 bits per heavy atom. The molecule has 5 heteroatoms. The molecule has 1 aliphatic carbocycles. The fourth-order valence-corrected chi connectivity index (χ4v) is 3.26. The zero-order valence-electron chi connectivity index (χ0n) is 20.8. The molecule has 0 aliphatic heterocycles. The van der Waals surface area contributed by atoms with Gasteiger partial charge in [-0.2, -0.15) is 78.9 Å². The first-order valence-corrected chi connectivity index (χ1v) is 11.1. The maximum absolute atomic E-state index is 5.24. The predicted molar refractivity (Wildman–Crippen MR) is 149 cm³/mol. The average molecular weight is 623 g/mol. The zero-order valence-corrected chi connectivity index (χ0v) is 24.8. The number of methoxy groups -OCH3 is 2. The molecule has 0 fully saturated rings. The number of rotatable bonds is 2. The zero-order chi connectivity index (χ0) is 23.8. The van der Waals surface area contributed by atoms with Gasteiger partial charge in [0, 0.05) is 0 Å². The summed E-state index contributed by atoms with van der Waals surface area (Å²) in [6, 6.07) is 39.5. The normalized spacial score (nSPS) is 9.74. The van der Waals surface area contributed by atoms with Gasteiger partial charge in [0.05, 0.1) is 25.7 Å². The van der Waals surface area contributed by atoms with Crippen LogP contribution < -0.4 is 34.3 Å². The van der Waals surface area contributed by atoms with Crippen molar-refractivity contribution in [3.63, 3.8) is 0 Å². The van der Waals surface area contributed by atoms with Crippen molar-refractivity contribution in [2.45, 2.75) is 13.8 Å². The molecule has 5 aromatic carbocycles. The minimum atomic E-state index is 0. The van der Waals surface area contributed by atoms with Crippen LogP contribution in [-0.2, 0) is 26.2 Å². The van der Waals surface area contributed by atoms with Crippen LogP contribution in [-0.4, -0.2) is 14.2 Å². The summed E-state index contributed by atoms with van der Waals surface area (Å²) in [6.45, 7) is 0. The summed E-state index contributed by atoms with van der Waals surface area (Å²) in [7, 11) is 3.37. The monoisotopic (exact) mass is 620 g/mol. The summed E-state index contributed by atoms with van der Waals surface area (Å²) in [5.41, 5.74) is 0. The second-order valence-electron chi connectivity index (χ2n) is 7.21. The van der Waals surface area contributed by atoms with Gasteiger partial charge < -0.3 is 34.3 Å². The minimum Gasteiger partial charge on any atom is -1.00 e. The van der Waals surface area contributed by atoms with Gasteiger partial charge in [-0.05, 0) is 12.1 Å². The van der Waals surface area contributed by atoms with Gasteiger partial charge in [-0.1, -0.05) is 31.7 Å². The van der Waals surface area contributed by atoms with E-state index in [1.165, 1.54) is 21.5 Å². The summed E-state index contributed by atoms with van der Waals surface area (Å²) in [5, 5.41) is 4.91. The van der Waals surface area contributed by atoms with Crippen molar-refractivity contribution >= 4 is 21.5 Å².